The highest BCUT2D eigenvalue weighted by molar-refractivity contribution is 6.62. The predicted molar refractivity (Wildman–Crippen MR) is 99.8 cm³/mol. The fourth-order valence-electron chi connectivity index (χ4n) is 3.12. The summed E-state index contributed by atoms with van der Waals surface area (Å²) in [7, 11) is -2.13. The molecule has 0 saturated carbocycles. The molecule has 1 aliphatic heterocycles. The molecule has 0 aromatic carbocycles. The van der Waals surface area contributed by atoms with Gasteiger partial charge in [-0.25, -0.2) is 4.68 Å². The Morgan fingerprint density at radius 1 is 1.37 bits per heavy atom. The third-order valence-electron chi connectivity index (χ3n) is 5.29. The van der Waals surface area contributed by atoms with Gasteiger partial charge < -0.3 is 19.4 Å². The van der Waals surface area contributed by atoms with Crippen molar-refractivity contribution in [1.29, 1.82) is 0 Å². The SMILES string of the molecule is CC(=O)n1cc(B2OC(C)(C)C(C)(C[n+]3ccc(B(O)O)cc3C)O2)cn1. The molecule has 1 atom stereocenters. The monoisotopic (exact) mass is 372 g/mol. The van der Waals surface area contributed by atoms with Crippen LogP contribution >= 0.6 is 0 Å². The molecule has 8 nitrogen and oxygen atoms in total. The van der Waals surface area contributed by atoms with Gasteiger partial charge in [0.2, 0.25) is 5.91 Å². The first-order chi connectivity index (χ1) is 12.5. The third kappa shape index (κ3) is 3.70. The molecule has 0 radical (unpaired) electrons. The number of rotatable bonds is 4. The van der Waals surface area contributed by atoms with Crippen LogP contribution in [0.15, 0.2) is 30.7 Å². The van der Waals surface area contributed by atoms with Crippen molar-refractivity contribution in [3.63, 3.8) is 0 Å². The Labute approximate surface area is 159 Å². The van der Waals surface area contributed by atoms with E-state index in [0.717, 1.165) is 5.69 Å². The Kier molecular flexibility index (Phi) is 5.02. The number of aromatic nitrogens is 3. The van der Waals surface area contributed by atoms with Crippen LogP contribution in [-0.2, 0) is 15.9 Å². The molecule has 0 amide bonds. The van der Waals surface area contributed by atoms with E-state index >= 15 is 0 Å². The molecule has 0 spiro atoms. The molecule has 1 fully saturated rings. The van der Waals surface area contributed by atoms with Gasteiger partial charge in [-0.05, 0) is 26.2 Å². The maximum absolute atomic E-state index is 11.5. The van der Waals surface area contributed by atoms with E-state index in [1.165, 1.54) is 11.6 Å². The Morgan fingerprint density at radius 2 is 2.07 bits per heavy atom. The van der Waals surface area contributed by atoms with E-state index < -0.39 is 25.4 Å². The van der Waals surface area contributed by atoms with Crippen molar-refractivity contribution in [2.24, 2.45) is 0 Å². The number of pyridine rings is 1. The summed E-state index contributed by atoms with van der Waals surface area (Å²) in [6, 6.07) is 3.39. The van der Waals surface area contributed by atoms with Gasteiger partial charge in [-0.3, -0.25) is 4.79 Å². The van der Waals surface area contributed by atoms with Crippen LogP contribution in [-0.4, -0.2) is 51.2 Å². The molecular weight excluding hydrogens is 348 g/mol. The summed E-state index contributed by atoms with van der Waals surface area (Å²) in [6.07, 6.45) is 4.99. The van der Waals surface area contributed by atoms with Gasteiger partial charge in [0.15, 0.2) is 18.4 Å². The molecule has 3 heterocycles. The topological polar surface area (TPSA) is 97.7 Å². The van der Waals surface area contributed by atoms with Crippen molar-refractivity contribution in [1.82, 2.24) is 9.78 Å². The summed E-state index contributed by atoms with van der Waals surface area (Å²) >= 11 is 0. The molecule has 1 unspecified atom stereocenters. The number of aryl methyl sites for hydroxylation is 1. The Morgan fingerprint density at radius 3 is 2.63 bits per heavy atom. The fraction of sp³-hybridized carbons (Fsp3) is 0.471. The molecule has 2 N–H and O–H groups in total. The summed E-state index contributed by atoms with van der Waals surface area (Å²) in [5, 5.41) is 22.7. The number of carbonyl (C=O) groups excluding carboxylic acids is 1. The summed E-state index contributed by atoms with van der Waals surface area (Å²) in [6.45, 7) is 9.74. The third-order valence-corrected chi connectivity index (χ3v) is 5.29. The highest BCUT2D eigenvalue weighted by Crippen LogP contribution is 2.37. The van der Waals surface area contributed by atoms with Crippen LogP contribution in [0.25, 0.3) is 0 Å². The highest BCUT2D eigenvalue weighted by atomic mass is 16.7. The largest absolute Gasteiger partial charge is 0.498 e. The van der Waals surface area contributed by atoms with Crippen molar-refractivity contribution in [3.05, 3.63) is 36.4 Å². The van der Waals surface area contributed by atoms with Gasteiger partial charge in [0.25, 0.3) is 0 Å². The Balaban J connectivity index is 1.84. The minimum Gasteiger partial charge on any atom is -0.423 e. The quantitative estimate of drug-likeness (QED) is 0.517. The van der Waals surface area contributed by atoms with E-state index in [0.29, 0.717) is 17.5 Å². The first kappa shape index (κ1) is 19.8. The molecule has 0 bridgehead atoms. The van der Waals surface area contributed by atoms with Gasteiger partial charge in [-0.15, -0.1) is 0 Å². The zero-order valence-electron chi connectivity index (χ0n) is 16.2. The first-order valence-electron chi connectivity index (χ1n) is 8.80. The smallest absolute Gasteiger partial charge is 0.423 e. The number of carbonyl (C=O) groups is 1. The zero-order chi connectivity index (χ0) is 20.0. The Bertz CT molecular complexity index is 870. The molecular formula is C17H24B2N3O5+. The summed E-state index contributed by atoms with van der Waals surface area (Å²) in [5.74, 6) is -0.182. The second kappa shape index (κ2) is 6.87. The van der Waals surface area contributed by atoms with E-state index in [9.17, 15) is 14.8 Å². The minimum absolute atomic E-state index is 0.182. The van der Waals surface area contributed by atoms with E-state index in [-0.39, 0.29) is 5.91 Å². The lowest BCUT2D eigenvalue weighted by molar-refractivity contribution is -0.715. The van der Waals surface area contributed by atoms with Crippen molar-refractivity contribution < 1.29 is 28.7 Å². The minimum atomic E-state index is -1.50. The first-order valence-corrected chi connectivity index (χ1v) is 8.80. The van der Waals surface area contributed by atoms with E-state index in [2.05, 4.69) is 5.10 Å². The lowest BCUT2D eigenvalue weighted by atomic mass is 9.80. The van der Waals surface area contributed by atoms with Crippen LogP contribution in [0.5, 0.6) is 0 Å². The standard InChI is InChI=1S/C17H24B2N3O5/c1-12-8-14(18(24)25)6-7-21(12)11-17(5)16(3,4)26-19(27-17)15-9-20-22(10-15)13(2)23/h6-10,24-25H,11H2,1-5H3/q+1. The van der Waals surface area contributed by atoms with Crippen LogP contribution in [0.4, 0.5) is 0 Å². The van der Waals surface area contributed by atoms with Crippen LogP contribution in [0.2, 0.25) is 0 Å². The summed E-state index contributed by atoms with van der Waals surface area (Å²) in [5.41, 5.74) is 0.720. The van der Waals surface area contributed by atoms with Crippen molar-refractivity contribution >= 4 is 31.1 Å². The average Bonchev–Trinajstić information content (AvgIpc) is 3.13. The number of hydrogen-bond donors (Lipinski definition) is 2. The maximum Gasteiger partial charge on any atom is 0.498 e. The number of nitrogens with zero attached hydrogens (tertiary/aromatic N) is 3. The molecule has 27 heavy (non-hydrogen) atoms. The zero-order valence-corrected chi connectivity index (χ0v) is 16.2. The molecule has 2 aromatic heterocycles. The lowest BCUT2D eigenvalue weighted by Crippen LogP contribution is -2.57. The van der Waals surface area contributed by atoms with Crippen LogP contribution in [0.1, 0.15) is 38.2 Å². The molecule has 10 heteroatoms. The summed E-state index contributed by atoms with van der Waals surface area (Å²) < 4.78 is 15.6. The van der Waals surface area contributed by atoms with E-state index in [1.807, 2.05) is 32.3 Å². The fourth-order valence-corrected chi connectivity index (χ4v) is 3.12. The second-order valence-electron chi connectivity index (χ2n) is 7.65. The highest BCUT2D eigenvalue weighted by Gasteiger charge is 2.57. The lowest BCUT2D eigenvalue weighted by Gasteiger charge is -2.33. The normalized spacial score (nSPS) is 21.5. The second-order valence-corrected chi connectivity index (χ2v) is 7.65. The maximum atomic E-state index is 11.5. The summed E-state index contributed by atoms with van der Waals surface area (Å²) in [4.78, 5) is 11.5. The van der Waals surface area contributed by atoms with Crippen molar-refractivity contribution in [3.8, 4) is 0 Å². The number of hydrogen-bond acceptors (Lipinski definition) is 6. The average molecular weight is 372 g/mol. The van der Waals surface area contributed by atoms with Gasteiger partial charge >= 0.3 is 14.2 Å². The van der Waals surface area contributed by atoms with Crippen molar-refractivity contribution in [2.75, 3.05) is 0 Å². The molecule has 1 aliphatic rings. The molecule has 2 aromatic rings. The molecule has 0 aliphatic carbocycles. The van der Waals surface area contributed by atoms with E-state index in [1.54, 1.807) is 30.7 Å². The van der Waals surface area contributed by atoms with Crippen LogP contribution in [0.3, 0.4) is 0 Å². The predicted octanol–water partition coefficient (Wildman–Crippen LogP) is -1.20. The molecule has 142 valence electrons. The van der Waals surface area contributed by atoms with Gasteiger partial charge in [-0.2, -0.15) is 9.67 Å². The van der Waals surface area contributed by atoms with Crippen molar-refractivity contribution in [2.45, 2.75) is 52.4 Å². The van der Waals surface area contributed by atoms with E-state index in [4.69, 9.17) is 9.31 Å². The van der Waals surface area contributed by atoms with Crippen LogP contribution < -0.4 is 15.5 Å². The molecule has 1 saturated heterocycles. The van der Waals surface area contributed by atoms with Gasteiger partial charge in [0.05, 0.1) is 5.60 Å². The van der Waals surface area contributed by atoms with Gasteiger partial charge in [0.1, 0.15) is 5.60 Å². The molecule has 3 rings (SSSR count). The Hall–Kier alpha value is -2.00. The van der Waals surface area contributed by atoms with Gasteiger partial charge in [0, 0.05) is 43.8 Å². The van der Waals surface area contributed by atoms with Crippen LogP contribution in [0, 0.1) is 6.92 Å². The van der Waals surface area contributed by atoms with Gasteiger partial charge in [-0.1, -0.05) is 0 Å².